The molecule has 0 unspecified atom stereocenters. The van der Waals surface area contributed by atoms with E-state index in [0.717, 1.165) is 48.3 Å². The molecular formula is C29H48O. The molecule has 3 fully saturated rings. The molecule has 0 aromatic carbocycles. The van der Waals surface area contributed by atoms with Crippen LogP contribution < -0.4 is 0 Å². The van der Waals surface area contributed by atoms with Gasteiger partial charge in [0.05, 0.1) is 6.10 Å². The van der Waals surface area contributed by atoms with Gasteiger partial charge in [-0.25, -0.2) is 0 Å². The monoisotopic (exact) mass is 412 g/mol. The molecule has 0 heterocycles. The quantitative estimate of drug-likeness (QED) is 0.457. The Hall–Kier alpha value is -0.560. The number of allylic oxidation sites excluding steroid dienone is 3. The molecule has 4 aliphatic rings. The van der Waals surface area contributed by atoms with E-state index in [1.165, 1.54) is 44.9 Å². The second-order valence-electron chi connectivity index (χ2n) is 12.4. The van der Waals surface area contributed by atoms with Crippen LogP contribution in [-0.4, -0.2) is 11.2 Å². The first-order valence-electron chi connectivity index (χ1n) is 13.3. The van der Waals surface area contributed by atoms with E-state index in [2.05, 4.69) is 59.8 Å². The van der Waals surface area contributed by atoms with Gasteiger partial charge < -0.3 is 5.11 Å². The van der Waals surface area contributed by atoms with Crippen molar-refractivity contribution in [3.8, 4) is 0 Å². The molecule has 4 rings (SSSR count). The molecule has 30 heavy (non-hydrogen) atoms. The smallest absolute Gasteiger partial charge is 0.0577 e. The second kappa shape index (κ2) is 8.42. The zero-order chi connectivity index (χ0) is 21.7. The van der Waals surface area contributed by atoms with Crippen molar-refractivity contribution in [3.05, 3.63) is 23.8 Å². The Balaban J connectivity index is 1.52. The van der Waals surface area contributed by atoms with Gasteiger partial charge in [0.1, 0.15) is 0 Å². The molecule has 3 saturated carbocycles. The molecule has 0 aromatic rings. The maximum Gasteiger partial charge on any atom is 0.0577 e. The Kier molecular flexibility index (Phi) is 6.35. The highest BCUT2D eigenvalue weighted by Crippen LogP contribution is 2.67. The van der Waals surface area contributed by atoms with Gasteiger partial charge >= 0.3 is 0 Å². The number of hydrogen-bond donors (Lipinski definition) is 1. The molecule has 0 spiro atoms. The van der Waals surface area contributed by atoms with E-state index in [0.29, 0.717) is 16.7 Å². The Morgan fingerprint density at radius 1 is 1.03 bits per heavy atom. The summed E-state index contributed by atoms with van der Waals surface area (Å²) in [5, 5.41) is 10.2. The van der Waals surface area contributed by atoms with Crippen LogP contribution in [0.4, 0.5) is 0 Å². The third kappa shape index (κ3) is 3.66. The van der Waals surface area contributed by atoms with Gasteiger partial charge in [0.2, 0.25) is 0 Å². The maximum atomic E-state index is 10.2. The highest BCUT2D eigenvalue weighted by Gasteiger charge is 2.58. The van der Waals surface area contributed by atoms with Crippen LogP contribution in [0.25, 0.3) is 0 Å². The molecule has 0 aliphatic heterocycles. The lowest BCUT2D eigenvalue weighted by Gasteiger charge is -2.58. The van der Waals surface area contributed by atoms with Gasteiger partial charge in [0.25, 0.3) is 0 Å². The number of hydrogen-bond acceptors (Lipinski definition) is 1. The highest BCUT2D eigenvalue weighted by atomic mass is 16.3. The van der Waals surface area contributed by atoms with Gasteiger partial charge in [-0.1, -0.05) is 65.3 Å². The SMILES string of the molecule is CC[C@H](/C=C/[C@H](C)[C@H]1CC[C@@H]2[C@@H]3CC=C4C[C@H](O)CC[C@@]4(C)[C@@H]3CC[C@@]21C)C(C)C. The molecular weight excluding hydrogens is 364 g/mol. The predicted octanol–water partition coefficient (Wildman–Crippen LogP) is 7.80. The van der Waals surface area contributed by atoms with Crippen LogP contribution in [0.1, 0.15) is 99.3 Å². The number of aliphatic hydroxyl groups is 1. The Morgan fingerprint density at radius 2 is 1.80 bits per heavy atom. The molecule has 1 heteroatoms. The Bertz CT molecular complexity index is 674. The molecule has 1 N–H and O–H groups in total. The summed E-state index contributed by atoms with van der Waals surface area (Å²) in [5.74, 6) is 5.70. The minimum Gasteiger partial charge on any atom is -0.393 e. The van der Waals surface area contributed by atoms with E-state index in [9.17, 15) is 5.11 Å². The molecule has 170 valence electrons. The molecule has 4 aliphatic carbocycles. The molecule has 0 amide bonds. The van der Waals surface area contributed by atoms with Crippen molar-refractivity contribution in [1.29, 1.82) is 0 Å². The summed E-state index contributed by atoms with van der Waals surface area (Å²) in [5.41, 5.74) is 2.51. The van der Waals surface area contributed by atoms with E-state index < -0.39 is 0 Å². The number of aliphatic hydroxyl groups excluding tert-OH is 1. The van der Waals surface area contributed by atoms with Crippen molar-refractivity contribution in [2.45, 2.75) is 105 Å². The second-order valence-corrected chi connectivity index (χ2v) is 12.4. The summed E-state index contributed by atoms with van der Waals surface area (Å²) in [6, 6.07) is 0. The van der Waals surface area contributed by atoms with Crippen LogP contribution in [0.3, 0.4) is 0 Å². The van der Waals surface area contributed by atoms with Gasteiger partial charge in [-0.15, -0.1) is 0 Å². The third-order valence-electron chi connectivity index (χ3n) is 10.8. The van der Waals surface area contributed by atoms with E-state index in [-0.39, 0.29) is 6.10 Å². The number of fused-ring (bicyclic) bond motifs is 5. The standard InChI is InChI=1S/C29H48O/c1-7-21(19(2)3)9-8-20(4)25-12-13-26-24-11-10-22-18-23(30)14-16-28(22,5)27(24)15-17-29(25,26)6/h8-10,19-21,23-27,30H,7,11-18H2,1-6H3/b9-8+/t20-,21+,23+,24-,25+,26+,27+,28+,29+/m0/s1. The van der Waals surface area contributed by atoms with E-state index >= 15 is 0 Å². The molecule has 0 radical (unpaired) electrons. The first-order chi connectivity index (χ1) is 14.2. The van der Waals surface area contributed by atoms with Gasteiger partial charge in [0, 0.05) is 0 Å². The molecule has 0 bridgehead atoms. The largest absolute Gasteiger partial charge is 0.393 e. The average molecular weight is 413 g/mol. The summed E-state index contributed by atoms with van der Waals surface area (Å²) in [6.07, 6.45) is 19.1. The summed E-state index contributed by atoms with van der Waals surface area (Å²) in [7, 11) is 0. The van der Waals surface area contributed by atoms with Crippen LogP contribution in [0.5, 0.6) is 0 Å². The lowest BCUT2D eigenvalue weighted by Crippen LogP contribution is -2.50. The highest BCUT2D eigenvalue weighted by molar-refractivity contribution is 5.25. The van der Waals surface area contributed by atoms with E-state index in [1.54, 1.807) is 5.57 Å². The summed E-state index contributed by atoms with van der Waals surface area (Å²) in [6.45, 7) is 14.8. The fourth-order valence-electron chi connectivity index (χ4n) is 8.83. The summed E-state index contributed by atoms with van der Waals surface area (Å²) in [4.78, 5) is 0. The van der Waals surface area contributed by atoms with Crippen molar-refractivity contribution >= 4 is 0 Å². The summed E-state index contributed by atoms with van der Waals surface area (Å²) < 4.78 is 0. The molecule has 9 atom stereocenters. The minimum absolute atomic E-state index is 0.0870. The van der Waals surface area contributed by atoms with Crippen molar-refractivity contribution in [3.63, 3.8) is 0 Å². The molecule has 0 aromatic heterocycles. The van der Waals surface area contributed by atoms with Gasteiger partial charge in [-0.05, 0) is 110 Å². The van der Waals surface area contributed by atoms with Gasteiger partial charge in [-0.2, -0.15) is 0 Å². The normalized spacial score (nSPS) is 45.6. The van der Waals surface area contributed by atoms with Crippen LogP contribution in [-0.2, 0) is 0 Å². The van der Waals surface area contributed by atoms with Crippen molar-refractivity contribution in [2.75, 3.05) is 0 Å². The molecule has 1 nitrogen and oxygen atoms in total. The lowest BCUT2D eigenvalue weighted by molar-refractivity contribution is -0.0540. The van der Waals surface area contributed by atoms with Gasteiger partial charge in [-0.3, -0.25) is 0 Å². The maximum absolute atomic E-state index is 10.2. The van der Waals surface area contributed by atoms with E-state index in [4.69, 9.17) is 0 Å². The Labute approximate surface area is 186 Å². The average Bonchev–Trinajstić information content (AvgIpc) is 3.06. The predicted molar refractivity (Wildman–Crippen MR) is 128 cm³/mol. The third-order valence-corrected chi connectivity index (χ3v) is 10.8. The number of rotatable bonds is 5. The van der Waals surface area contributed by atoms with Crippen LogP contribution in [0.15, 0.2) is 23.8 Å². The zero-order valence-electron chi connectivity index (χ0n) is 20.7. The van der Waals surface area contributed by atoms with Crippen LogP contribution >= 0.6 is 0 Å². The van der Waals surface area contributed by atoms with Gasteiger partial charge in [0.15, 0.2) is 0 Å². The topological polar surface area (TPSA) is 20.2 Å². The van der Waals surface area contributed by atoms with Crippen molar-refractivity contribution < 1.29 is 5.11 Å². The fourth-order valence-corrected chi connectivity index (χ4v) is 8.83. The minimum atomic E-state index is -0.0870. The van der Waals surface area contributed by atoms with E-state index in [1.807, 2.05) is 0 Å². The first-order valence-corrected chi connectivity index (χ1v) is 13.3. The van der Waals surface area contributed by atoms with Crippen molar-refractivity contribution in [1.82, 2.24) is 0 Å². The van der Waals surface area contributed by atoms with Crippen LogP contribution in [0, 0.1) is 52.3 Å². The Morgan fingerprint density at radius 3 is 2.50 bits per heavy atom. The molecule has 0 saturated heterocycles. The fraction of sp³-hybridized carbons (Fsp3) is 0.862. The first kappa shape index (κ1) is 22.6. The van der Waals surface area contributed by atoms with Crippen LogP contribution in [0.2, 0.25) is 0 Å². The van der Waals surface area contributed by atoms with Crippen molar-refractivity contribution in [2.24, 2.45) is 52.3 Å². The summed E-state index contributed by atoms with van der Waals surface area (Å²) >= 11 is 0. The zero-order valence-corrected chi connectivity index (χ0v) is 20.7. The lowest BCUT2D eigenvalue weighted by atomic mass is 9.47.